The maximum absolute atomic E-state index is 4.54. The lowest BCUT2D eigenvalue weighted by Gasteiger charge is -2.35. The molecule has 3 nitrogen and oxygen atoms in total. The zero-order valence-electron chi connectivity index (χ0n) is 15.6. The van der Waals surface area contributed by atoms with E-state index in [2.05, 4.69) is 74.8 Å². The van der Waals surface area contributed by atoms with Crippen molar-refractivity contribution in [2.45, 2.75) is 53.1 Å². The van der Waals surface area contributed by atoms with E-state index in [1.165, 1.54) is 24.8 Å². The van der Waals surface area contributed by atoms with E-state index in [0.29, 0.717) is 6.17 Å². The number of halogens is 1. The normalized spacial score (nSPS) is 13.2. The van der Waals surface area contributed by atoms with E-state index < -0.39 is 0 Å². The Labute approximate surface area is 149 Å². The number of rotatable bonds is 9. The molecular formula is C19H34ClN3. The third-order valence-corrected chi connectivity index (χ3v) is 4.22. The largest absolute Gasteiger partial charge is 0.341 e. The fourth-order valence-corrected chi connectivity index (χ4v) is 2.46. The summed E-state index contributed by atoms with van der Waals surface area (Å²) in [7, 11) is 4.25. The van der Waals surface area contributed by atoms with E-state index in [1.807, 2.05) is 12.3 Å². The van der Waals surface area contributed by atoms with Crippen LogP contribution in [0.2, 0.25) is 0 Å². The maximum Gasteiger partial charge on any atom is 0.129 e. The summed E-state index contributed by atoms with van der Waals surface area (Å²) < 4.78 is 0. The molecule has 0 aliphatic heterocycles. The van der Waals surface area contributed by atoms with Crippen molar-refractivity contribution < 1.29 is 0 Å². The maximum atomic E-state index is 4.54. The highest BCUT2D eigenvalue weighted by Crippen LogP contribution is 2.19. The van der Waals surface area contributed by atoms with Crippen LogP contribution in [0.1, 0.15) is 47.0 Å². The Kier molecular flexibility index (Phi) is 10.9. The van der Waals surface area contributed by atoms with Gasteiger partial charge in [-0.3, -0.25) is 4.90 Å². The van der Waals surface area contributed by atoms with Crippen LogP contribution in [0, 0.1) is 5.92 Å². The number of hydrogen-bond acceptors (Lipinski definition) is 3. The molecule has 0 saturated carbocycles. The number of hydrogen-bond donors (Lipinski definition) is 0. The van der Waals surface area contributed by atoms with E-state index in [-0.39, 0.29) is 12.4 Å². The van der Waals surface area contributed by atoms with Crippen molar-refractivity contribution in [2.24, 2.45) is 5.92 Å². The molecule has 0 spiro atoms. The van der Waals surface area contributed by atoms with Crippen LogP contribution in [0.15, 0.2) is 36.0 Å². The van der Waals surface area contributed by atoms with Gasteiger partial charge in [-0.15, -0.1) is 12.4 Å². The minimum atomic E-state index is 0. The van der Waals surface area contributed by atoms with E-state index in [4.69, 9.17) is 0 Å². The van der Waals surface area contributed by atoms with Crippen molar-refractivity contribution in [2.75, 3.05) is 25.5 Å². The molecule has 2 atom stereocenters. The van der Waals surface area contributed by atoms with Crippen LogP contribution >= 0.6 is 12.4 Å². The standard InChI is InChI=1S/C19H33N3.ClH/c1-16(2)10-9-11-17(3)13-15-22(18(4)21(5)6)19-12-7-8-14-20-19;/h7-8,10,12,14,17-18H,9,11,13,15H2,1-6H3;1H. The first-order valence-electron chi connectivity index (χ1n) is 8.39. The second-order valence-electron chi connectivity index (χ2n) is 6.73. The number of allylic oxidation sites excluding steroid dienone is 2. The third kappa shape index (κ3) is 8.38. The number of aromatic nitrogens is 1. The molecule has 1 aromatic rings. The summed E-state index contributed by atoms with van der Waals surface area (Å²) in [4.78, 5) is 9.17. The molecule has 1 heterocycles. The van der Waals surface area contributed by atoms with Gasteiger partial charge in [0.25, 0.3) is 0 Å². The Hall–Kier alpha value is -1.06. The third-order valence-electron chi connectivity index (χ3n) is 4.22. The van der Waals surface area contributed by atoms with Crippen molar-refractivity contribution >= 4 is 18.2 Å². The minimum absolute atomic E-state index is 0. The molecule has 132 valence electrons. The molecule has 0 N–H and O–H groups in total. The lowest BCUT2D eigenvalue weighted by atomic mass is 10.0. The summed E-state index contributed by atoms with van der Waals surface area (Å²) in [5.41, 5.74) is 1.42. The Morgan fingerprint density at radius 2 is 1.87 bits per heavy atom. The first-order valence-corrected chi connectivity index (χ1v) is 8.39. The second-order valence-corrected chi connectivity index (χ2v) is 6.73. The summed E-state index contributed by atoms with van der Waals surface area (Å²) in [5, 5.41) is 0. The molecule has 0 aromatic carbocycles. The monoisotopic (exact) mass is 339 g/mol. The van der Waals surface area contributed by atoms with Gasteiger partial charge in [0.15, 0.2) is 0 Å². The van der Waals surface area contributed by atoms with Crippen molar-refractivity contribution in [1.29, 1.82) is 0 Å². The van der Waals surface area contributed by atoms with Crippen molar-refractivity contribution in [1.82, 2.24) is 9.88 Å². The Morgan fingerprint density at radius 3 is 2.39 bits per heavy atom. The molecular weight excluding hydrogens is 306 g/mol. The molecule has 0 aliphatic rings. The molecule has 0 bridgehead atoms. The van der Waals surface area contributed by atoms with Crippen LogP contribution in [0.25, 0.3) is 0 Å². The van der Waals surface area contributed by atoms with Crippen molar-refractivity contribution in [3.05, 3.63) is 36.0 Å². The lowest BCUT2D eigenvalue weighted by molar-refractivity contribution is 0.294. The van der Waals surface area contributed by atoms with Gasteiger partial charge in [0.05, 0.1) is 6.17 Å². The Morgan fingerprint density at radius 1 is 1.17 bits per heavy atom. The molecule has 0 amide bonds. The predicted molar refractivity (Wildman–Crippen MR) is 104 cm³/mol. The van der Waals surface area contributed by atoms with Crippen LogP contribution in [0.4, 0.5) is 5.82 Å². The molecule has 0 aliphatic carbocycles. The zero-order chi connectivity index (χ0) is 16.5. The number of pyridine rings is 1. The molecule has 1 aromatic heterocycles. The van der Waals surface area contributed by atoms with E-state index >= 15 is 0 Å². The summed E-state index contributed by atoms with van der Waals surface area (Å²) in [6.07, 6.45) is 8.22. The molecule has 0 radical (unpaired) electrons. The summed E-state index contributed by atoms with van der Waals surface area (Å²) in [6.45, 7) is 9.99. The fraction of sp³-hybridized carbons (Fsp3) is 0.632. The number of anilines is 1. The van der Waals surface area contributed by atoms with Crippen LogP contribution in [0.5, 0.6) is 0 Å². The first kappa shape index (κ1) is 21.9. The van der Waals surface area contributed by atoms with Crippen molar-refractivity contribution in [3.8, 4) is 0 Å². The minimum Gasteiger partial charge on any atom is -0.341 e. The van der Waals surface area contributed by atoms with Gasteiger partial charge in [-0.1, -0.05) is 24.6 Å². The van der Waals surface area contributed by atoms with Gasteiger partial charge in [0.1, 0.15) is 5.82 Å². The quantitative estimate of drug-likeness (QED) is 0.466. The van der Waals surface area contributed by atoms with Gasteiger partial charge in [-0.05, 0) is 72.2 Å². The smallest absolute Gasteiger partial charge is 0.129 e. The van der Waals surface area contributed by atoms with Gasteiger partial charge in [-0.2, -0.15) is 0 Å². The lowest BCUT2D eigenvalue weighted by Crippen LogP contribution is -2.44. The average molecular weight is 340 g/mol. The molecule has 23 heavy (non-hydrogen) atoms. The van der Waals surface area contributed by atoms with E-state index in [9.17, 15) is 0 Å². The van der Waals surface area contributed by atoms with Gasteiger partial charge in [-0.25, -0.2) is 4.98 Å². The van der Waals surface area contributed by atoms with Gasteiger partial charge < -0.3 is 4.90 Å². The van der Waals surface area contributed by atoms with Crippen LogP contribution < -0.4 is 4.90 Å². The van der Waals surface area contributed by atoms with Crippen LogP contribution in [-0.2, 0) is 0 Å². The second kappa shape index (κ2) is 11.5. The van der Waals surface area contributed by atoms with Crippen LogP contribution in [-0.4, -0.2) is 36.7 Å². The summed E-state index contributed by atoms with van der Waals surface area (Å²) in [5.74, 6) is 1.80. The molecule has 0 fully saturated rings. The van der Waals surface area contributed by atoms with Gasteiger partial charge in [0.2, 0.25) is 0 Å². The highest BCUT2D eigenvalue weighted by atomic mass is 35.5. The zero-order valence-corrected chi connectivity index (χ0v) is 16.4. The molecule has 0 saturated heterocycles. The summed E-state index contributed by atoms with van der Waals surface area (Å²) >= 11 is 0. The molecule has 4 heteroatoms. The molecule has 1 rings (SSSR count). The topological polar surface area (TPSA) is 19.4 Å². The van der Waals surface area contributed by atoms with Crippen LogP contribution in [0.3, 0.4) is 0 Å². The number of nitrogens with zero attached hydrogens (tertiary/aromatic N) is 3. The Bertz CT molecular complexity index is 441. The van der Waals surface area contributed by atoms with Crippen molar-refractivity contribution in [3.63, 3.8) is 0 Å². The highest BCUT2D eigenvalue weighted by molar-refractivity contribution is 5.85. The average Bonchev–Trinajstić information content (AvgIpc) is 2.47. The van der Waals surface area contributed by atoms with Gasteiger partial charge in [0, 0.05) is 12.7 Å². The fourth-order valence-electron chi connectivity index (χ4n) is 2.46. The van der Waals surface area contributed by atoms with E-state index in [0.717, 1.165) is 18.3 Å². The Balaban J connectivity index is 0.00000484. The first-order chi connectivity index (χ1) is 10.4. The van der Waals surface area contributed by atoms with Gasteiger partial charge >= 0.3 is 0 Å². The predicted octanol–water partition coefficient (Wildman–Crippen LogP) is 4.99. The van der Waals surface area contributed by atoms with E-state index in [1.54, 1.807) is 0 Å². The SMILES string of the molecule is CC(C)=CCCC(C)CCN(c1ccccn1)C(C)N(C)C.Cl. The molecule has 2 unspecified atom stereocenters. The highest BCUT2D eigenvalue weighted by Gasteiger charge is 2.17. The summed E-state index contributed by atoms with van der Waals surface area (Å²) in [6, 6.07) is 6.15.